The van der Waals surface area contributed by atoms with Gasteiger partial charge in [-0.25, -0.2) is 0 Å². The Morgan fingerprint density at radius 3 is 2.69 bits per heavy atom. The van der Waals surface area contributed by atoms with Gasteiger partial charge in [-0.3, -0.25) is 0 Å². The third-order valence-electron chi connectivity index (χ3n) is 4.10. The van der Waals surface area contributed by atoms with Crippen molar-refractivity contribution < 1.29 is 14.2 Å². The van der Waals surface area contributed by atoms with Crippen molar-refractivity contribution in [1.29, 1.82) is 0 Å². The number of benzene rings is 2. The quantitative estimate of drug-likeness (QED) is 0.525. The summed E-state index contributed by atoms with van der Waals surface area (Å²) < 4.78 is 17.8. The van der Waals surface area contributed by atoms with E-state index in [-0.39, 0.29) is 0 Å². The van der Waals surface area contributed by atoms with Crippen LogP contribution in [0, 0.1) is 6.92 Å². The maximum absolute atomic E-state index is 6.04. The lowest BCUT2D eigenvalue weighted by atomic mass is 10.1. The van der Waals surface area contributed by atoms with E-state index in [2.05, 4.69) is 46.4 Å². The van der Waals surface area contributed by atoms with E-state index in [0.29, 0.717) is 6.61 Å². The van der Waals surface area contributed by atoms with Gasteiger partial charge in [0, 0.05) is 19.8 Å². The van der Waals surface area contributed by atoms with E-state index in [9.17, 15) is 0 Å². The molecule has 4 nitrogen and oxygen atoms in total. The van der Waals surface area contributed by atoms with Crippen LogP contribution in [0.25, 0.3) is 0 Å². The summed E-state index contributed by atoms with van der Waals surface area (Å²) in [6.07, 6.45) is 1.00. The molecular weight excluding hydrogens is 394 g/mol. The molecule has 0 heterocycles. The molecule has 26 heavy (non-hydrogen) atoms. The van der Waals surface area contributed by atoms with Gasteiger partial charge in [0.05, 0.1) is 11.6 Å². The minimum Gasteiger partial charge on any atom is -0.493 e. The lowest BCUT2D eigenvalue weighted by Gasteiger charge is -2.15. The van der Waals surface area contributed by atoms with Crippen molar-refractivity contribution >= 4 is 15.9 Å². The van der Waals surface area contributed by atoms with Crippen molar-refractivity contribution in [2.45, 2.75) is 33.4 Å². The van der Waals surface area contributed by atoms with E-state index in [1.807, 2.05) is 25.1 Å². The second kappa shape index (κ2) is 11.2. The number of ether oxygens (including phenoxy) is 3. The van der Waals surface area contributed by atoms with Crippen LogP contribution in [0.3, 0.4) is 0 Å². The minimum absolute atomic E-state index is 0.511. The zero-order valence-corrected chi connectivity index (χ0v) is 17.4. The number of aryl methyl sites for hydroxylation is 1. The molecule has 2 rings (SSSR count). The number of halogens is 1. The maximum atomic E-state index is 6.04. The molecule has 0 bridgehead atoms. The third kappa shape index (κ3) is 6.31. The first-order valence-electron chi connectivity index (χ1n) is 8.97. The van der Waals surface area contributed by atoms with Gasteiger partial charge in [0.2, 0.25) is 0 Å². The molecule has 0 aliphatic carbocycles. The van der Waals surface area contributed by atoms with Gasteiger partial charge in [0.25, 0.3) is 0 Å². The molecular formula is C21H28BrNO3. The Hall–Kier alpha value is -1.56. The number of methoxy groups -OCH3 is 1. The highest BCUT2D eigenvalue weighted by Crippen LogP contribution is 2.37. The van der Waals surface area contributed by atoms with Crippen LogP contribution in [0.2, 0.25) is 0 Å². The number of hydrogen-bond acceptors (Lipinski definition) is 4. The molecule has 0 spiro atoms. The summed E-state index contributed by atoms with van der Waals surface area (Å²) in [5, 5.41) is 3.43. The number of rotatable bonds is 11. The topological polar surface area (TPSA) is 39.7 Å². The molecule has 0 saturated heterocycles. The van der Waals surface area contributed by atoms with Crippen LogP contribution in [-0.4, -0.2) is 26.9 Å². The fraction of sp³-hybridized carbons (Fsp3) is 0.429. The van der Waals surface area contributed by atoms with Crippen LogP contribution < -0.4 is 14.8 Å². The highest BCUT2D eigenvalue weighted by molar-refractivity contribution is 9.10. The predicted octanol–water partition coefficient (Wildman–Crippen LogP) is 4.86. The zero-order chi connectivity index (χ0) is 18.8. The highest BCUT2D eigenvalue weighted by atomic mass is 79.9. The van der Waals surface area contributed by atoms with Crippen molar-refractivity contribution in [3.05, 3.63) is 57.6 Å². The second-order valence-electron chi connectivity index (χ2n) is 6.05. The van der Waals surface area contributed by atoms with Crippen LogP contribution >= 0.6 is 15.9 Å². The first kappa shape index (κ1) is 20.7. The van der Waals surface area contributed by atoms with Crippen molar-refractivity contribution in [2.24, 2.45) is 0 Å². The van der Waals surface area contributed by atoms with Gasteiger partial charge in [-0.15, -0.1) is 0 Å². The molecule has 0 fully saturated rings. The Balaban J connectivity index is 1.96. The highest BCUT2D eigenvalue weighted by Gasteiger charge is 2.12. The van der Waals surface area contributed by atoms with Crippen LogP contribution in [0.1, 0.15) is 30.0 Å². The molecule has 2 aromatic rings. The summed E-state index contributed by atoms with van der Waals surface area (Å²) >= 11 is 3.62. The van der Waals surface area contributed by atoms with Crippen molar-refractivity contribution in [1.82, 2.24) is 5.32 Å². The average Bonchev–Trinajstić information content (AvgIpc) is 2.64. The molecule has 0 radical (unpaired) electrons. The number of nitrogens with one attached hydrogen (secondary N) is 1. The minimum atomic E-state index is 0.511. The van der Waals surface area contributed by atoms with Gasteiger partial charge in [0.1, 0.15) is 6.61 Å². The largest absolute Gasteiger partial charge is 0.493 e. The van der Waals surface area contributed by atoms with Crippen LogP contribution in [0.4, 0.5) is 0 Å². The second-order valence-corrected chi connectivity index (χ2v) is 6.91. The first-order chi connectivity index (χ1) is 12.7. The fourth-order valence-electron chi connectivity index (χ4n) is 2.61. The van der Waals surface area contributed by atoms with E-state index in [0.717, 1.165) is 54.3 Å². The van der Waals surface area contributed by atoms with Crippen molar-refractivity contribution in [2.75, 3.05) is 26.9 Å². The monoisotopic (exact) mass is 421 g/mol. The van der Waals surface area contributed by atoms with Crippen LogP contribution in [0.15, 0.2) is 40.9 Å². The first-order valence-corrected chi connectivity index (χ1v) is 9.77. The normalized spacial score (nSPS) is 10.8. The van der Waals surface area contributed by atoms with Gasteiger partial charge in [-0.1, -0.05) is 24.3 Å². The summed E-state index contributed by atoms with van der Waals surface area (Å²) in [4.78, 5) is 0. The molecule has 0 saturated carbocycles. The third-order valence-corrected chi connectivity index (χ3v) is 4.69. The average molecular weight is 422 g/mol. The van der Waals surface area contributed by atoms with E-state index in [1.54, 1.807) is 7.11 Å². The Bertz CT molecular complexity index is 691. The summed E-state index contributed by atoms with van der Waals surface area (Å²) in [6, 6.07) is 12.3. The summed E-state index contributed by atoms with van der Waals surface area (Å²) in [5.41, 5.74) is 3.53. The van der Waals surface area contributed by atoms with E-state index in [4.69, 9.17) is 14.2 Å². The standard InChI is InChI=1S/C21H28BrNO3/c1-4-25-11-7-10-23-14-17-12-19(22)21(20(13-17)24-3)26-15-18-9-6-5-8-16(18)2/h5-6,8-9,12-13,23H,4,7,10-11,14-15H2,1-3H3. The predicted molar refractivity (Wildman–Crippen MR) is 109 cm³/mol. The van der Waals surface area contributed by atoms with Gasteiger partial charge in [0.15, 0.2) is 11.5 Å². The van der Waals surface area contributed by atoms with Crippen LogP contribution in [0.5, 0.6) is 11.5 Å². The van der Waals surface area contributed by atoms with Gasteiger partial charge in [-0.05, 0) is 71.6 Å². The van der Waals surface area contributed by atoms with E-state index < -0.39 is 0 Å². The summed E-state index contributed by atoms with van der Waals surface area (Å²) in [5.74, 6) is 1.47. The lowest BCUT2D eigenvalue weighted by molar-refractivity contribution is 0.144. The molecule has 142 valence electrons. The molecule has 0 amide bonds. The van der Waals surface area contributed by atoms with E-state index >= 15 is 0 Å². The zero-order valence-electron chi connectivity index (χ0n) is 15.8. The fourth-order valence-corrected chi connectivity index (χ4v) is 3.22. The van der Waals surface area contributed by atoms with Gasteiger partial charge in [-0.2, -0.15) is 0 Å². The van der Waals surface area contributed by atoms with Gasteiger partial charge >= 0.3 is 0 Å². The summed E-state index contributed by atoms with van der Waals surface area (Å²) in [7, 11) is 1.67. The van der Waals surface area contributed by atoms with E-state index in [1.165, 1.54) is 11.1 Å². The Labute approximate surface area is 165 Å². The SMILES string of the molecule is CCOCCCNCc1cc(Br)c(OCc2ccccc2C)c(OC)c1. The van der Waals surface area contributed by atoms with Crippen LogP contribution in [-0.2, 0) is 17.9 Å². The molecule has 0 unspecified atom stereocenters. The van der Waals surface area contributed by atoms with Crippen molar-refractivity contribution in [3.8, 4) is 11.5 Å². The Morgan fingerprint density at radius 1 is 1.15 bits per heavy atom. The number of hydrogen-bond donors (Lipinski definition) is 1. The molecule has 0 atom stereocenters. The molecule has 1 N–H and O–H groups in total. The Kier molecular flexibility index (Phi) is 8.95. The molecule has 0 aliphatic heterocycles. The lowest BCUT2D eigenvalue weighted by Crippen LogP contribution is -2.16. The Morgan fingerprint density at radius 2 is 1.96 bits per heavy atom. The molecule has 2 aromatic carbocycles. The smallest absolute Gasteiger partial charge is 0.175 e. The molecule has 0 aliphatic rings. The molecule has 0 aromatic heterocycles. The summed E-state index contributed by atoms with van der Waals surface area (Å²) in [6.45, 7) is 7.88. The maximum Gasteiger partial charge on any atom is 0.175 e. The van der Waals surface area contributed by atoms with Gasteiger partial charge < -0.3 is 19.5 Å². The molecule has 5 heteroatoms. The van der Waals surface area contributed by atoms with Crippen molar-refractivity contribution in [3.63, 3.8) is 0 Å².